The number of methoxy groups -OCH3 is 1. The third-order valence-corrected chi connectivity index (χ3v) is 4.68. The molecule has 0 aromatic heterocycles. The van der Waals surface area contributed by atoms with Crippen molar-refractivity contribution in [2.75, 3.05) is 7.11 Å². The van der Waals surface area contributed by atoms with E-state index in [2.05, 4.69) is 57.3 Å². The Bertz CT molecular complexity index is 422. The molecule has 1 aliphatic carbocycles. The van der Waals surface area contributed by atoms with E-state index in [0.29, 0.717) is 12.1 Å². The van der Waals surface area contributed by atoms with Gasteiger partial charge in [0, 0.05) is 25.1 Å². The second-order valence-corrected chi connectivity index (χ2v) is 7.13. The Labute approximate surface area is 123 Å². The Morgan fingerprint density at radius 3 is 2.30 bits per heavy atom. The van der Waals surface area contributed by atoms with E-state index in [-0.39, 0.29) is 5.41 Å². The first kappa shape index (κ1) is 15.5. The van der Waals surface area contributed by atoms with Crippen LogP contribution in [0.15, 0.2) is 24.3 Å². The zero-order valence-corrected chi connectivity index (χ0v) is 13.6. The summed E-state index contributed by atoms with van der Waals surface area (Å²) in [6.45, 7) is 10.1. The maximum Gasteiger partial charge on any atom is 0.0652 e. The van der Waals surface area contributed by atoms with Gasteiger partial charge in [-0.3, -0.25) is 0 Å². The molecule has 0 heterocycles. The van der Waals surface area contributed by atoms with Gasteiger partial charge in [0.15, 0.2) is 0 Å². The van der Waals surface area contributed by atoms with Crippen molar-refractivity contribution in [3.63, 3.8) is 0 Å². The average molecular weight is 275 g/mol. The molecule has 0 aliphatic heterocycles. The molecule has 1 aromatic carbocycles. The van der Waals surface area contributed by atoms with Gasteiger partial charge in [0.2, 0.25) is 0 Å². The van der Waals surface area contributed by atoms with E-state index in [0.717, 1.165) is 18.9 Å². The molecule has 2 unspecified atom stereocenters. The predicted molar refractivity (Wildman–Crippen MR) is 84.8 cm³/mol. The maximum atomic E-state index is 5.50. The van der Waals surface area contributed by atoms with Crippen LogP contribution in [0.25, 0.3) is 0 Å². The van der Waals surface area contributed by atoms with Crippen molar-refractivity contribution in [2.45, 2.75) is 59.2 Å². The van der Waals surface area contributed by atoms with E-state index in [1.54, 1.807) is 0 Å². The molecule has 1 aromatic rings. The number of nitrogens with one attached hydrogen (secondary N) is 1. The Hall–Kier alpha value is -0.860. The summed E-state index contributed by atoms with van der Waals surface area (Å²) < 4.78 is 5.50. The minimum atomic E-state index is 0.242. The lowest BCUT2D eigenvalue weighted by molar-refractivity contribution is -0.0979. The highest BCUT2D eigenvalue weighted by Gasteiger charge is 2.48. The van der Waals surface area contributed by atoms with Gasteiger partial charge in [0.1, 0.15) is 0 Å². The lowest BCUT2D eigenvalue weighted by Gasteiger charge is -2.51. The van der Waals surface area contributed by atoms with Gasteiger partial charge in [-0.15, -0.1) is 0 Å². The van der Waals surface area contributed by atoms with E-state index in [1.165, 1.54) is 17.5 Å². The highest BCUT2D eigenvalue weighted by molar-refractivity contribution is 5.23. The fourth-order valence-electron chi connectivity index (χ4n) is 3.14. The number of rotatable bonds is 6. The van der Waals surface area contributed by atoms with Crippen LogP contribution < -0.4 is 5.32 Å². The normalized spacial score (nSPS) is 24.7. The van der Waals surface area contributed by atoms with Crippen molar-refractivity contribution >= 4 is 0 Å². The summed E-state index contributed by atoms with van der Waals surface area (Å²) in [5.41, 5.74) is 3.05. The van der Waals surface area contributed by atoms with E-state index < -0.39 is 0 Å². The van der Waals surface area contributed by atoms with E-state index >= 15 is 0 Å². The highest BCUT2D eigenvalue weighted by atomic mass is 16.5. The van der Waals surface area contributed by atoms with Gasteiger partial charge in [-0.2, -0.15) is 0 Å². The van der Waals surface area contributed by atoms with Crippen molar-refractivity contribution < 1.29 is 4.74 Å². The summed E-state index contributed by atoms with van der Waals surface area (Å²) in [6, 6.07) is 9.60. The molecule has 2 rings (SSSR count). The van der Waals surface area contributed by atoms with Gasteiger partial charge < -0.3 is 10.1 Å². The Morgan fingerprint density at radius 2 is 1.80 bits per heavy atom. The lowest BCUT2D eigenvalue weighted by Crippen LogP contribution is -2.60. The number of ether oxygens (including phenoxy) is 1. The molecule has 2 atom stereocenters. The lowest BCUT2D eigenvalue weighted by atomic mass is 9.64. The first-order valence-corrected chi connectivity index (χ1v) is 7.77. The molecule has 1 saturated carbocycles. The molecule has 1 fully saturated rings. The van der Waals surface area contributed by atoms with Crippen molar-refractivity contribution in [2.24, 2.45) is 11.3 Å². The largest absolute Gasteiger partial charge is 0.381 e. The molecule has 20 heavy (non-hydrogen) atoms. The monoisotopic (exact) mass is 275 g/mol. The molecule has 0 radical (unpaired) electrons. The maximum absolute atomic E-state index is 5.50. The fraction of sp³-hybridized carbons (Fsp3) is 0.667. The van der Waals surface area contributed by atoms with Crippen molar-refractivity contribution in [3.8, 4) is 0 Å². The third-order valence-electron chi connectivity index (χ3n) is 4.68. The Balaban J connectivity index is 1.83. The molecule has 0 saturated heterocycles. The van der Waals surface area contributed by atoms with Gasteiger partial charge in [-0.05, 0) is 29.9 Å². The van der Waals surface area contributed by atoms with Gasteiger partial charge >= 0.3 is 0 Å². The second-order valence-electron chi connectivity index (χ2n) is 7.13. The minimum absolute atomic E-state index is 0.242. The van der Waals surface area contributed by atoms with Crippen LogP contribution in [0, 0.1) is 11.3 Å². The summed E-state index contributed by atoms with van der Waals surface area (Å²) in [4.78, 5) is 0. The van der Waals surface area contributed by atoms with E-state index in [4.69, 9.17) is 4.74 Å². The summed E-state index contributed by atoms with van der Waals surface area (Å²) in [6.07, 6.45) is 2.68. The summed E-state index contributed by atoms with van der Waals surface area (Å²) >= 11 is 0. The van der Waals surface area contributed by atoms with Crippen molar-refractivity contribution in [3.05, 3.63) is 35.4 Å². The first-order chi connectivity index (χ1) is 9.43. The van der Waals surface area contributed by atoms with Crippen LogP contribution >= 0.6 is 0 Å². The van der Waals surface area contributed by atoms with Crippen LogP contribution in [0.5, 0.6) is 0 Å². The average Bonchev–Trinajstić information content (AvgIpc) is 2.39. The van der Waals surface area contributed by atoms with Gasteiger partial charge in [-0.25, -0.2) is 0 Å². The smallest absolute Gasteiger partial charge is 0.0652 e. The molecule has 0 amide bonds. The molecule has 1 N–H and O–H groups in total. The van der Waals surface area contributed by atoms with Gasteiger partial charge in [0.25, 0.3) is 0 Å². The second kappa shape index (κ2) is 6.28. The summed E-state index contributed by atoms with van der Waals surface area (Å²) in [7, 11) is 1.82. The molecular formula is C18H29NO. The highest BCUT2D eigenvalue weighted by Crippen LogP contribution is 2.42. The fourth-order valence-corrected chi connectivity index (χ4v) is 3.14. The minimum Gasteiger partial charge on any atom is -0.381 e. The van der Waals surface area contributed by atoms with Crippen LogP contribution in [-0.4, -0.2) is 19.3 Å². The standard InChI is InChI=1S/C18H29NO/c1-13(2)10-14-6-8-15(9-7-14)12-19-16-11-17(20-5)18(16,3)4/h6-9,13,16-17,19H,10-12H2,1-5H3. The third kappa shape index (κ3) is 3.42. The number of hydrogen-bond donors (Lipinski definition) is 1. The predicted octanol–water partition coefficient (Wildman–Crippen LogP) is 3.79. The summed E-state index contributed by atoms with van der Waals surface area (Å²) in [5.74, 6) is 0.723. The first-order valence-electron chi connectivity index (χ1n) is 7.77. The van der Waals surface area contributed by atoms with Gasteiger partial charge in [-0.1, -0.05) is 52.0 Å². The molecule has 112 valence electrons. The zero-order valence-electron chi connectivity index (χ0n) is 13.6. The molecule has 0 bridgehead atoms. The summed E-state index contributed by atoms with van der Waals surface area (Å²) in [5, 5.41) is 3.67. The van der Waals surface area contributed by atoms with Crippen LogP contribution in [0.3, 0.4) is 0 Å². The number of benzene rings is 1. The van der Waals surface area contributed by atoms with Gasteiger partial charge in [0.05, 0.1) is 6.10 Å². The zero-order chi connectivity index (χ0) is 14.8. The van der Waals surface area contributed by atoms with Crippen LogP contribution in [-0.2, 0) is 17.7 Å². The quantitative estimate of drug-likeness (QED) is 0.853. The molecule has 0 spiro atoms. The van der Waals surface area contributed by atoms with Crippen molar-refractivity contribution in [1.29, 1.82) is 0 Å². The Morgan fingerprint density at radius 1 is 1.20 bits per heavy atom. The topological polar surface area (TPSA) is 21.3 Å². The van der Waals surface area contributed by atoms with E-state index in [1.807, 2.05) is 7.11 Å². The molecule has 1 aliphatic rings. The van der Waals surface area contributed by atoms with Crippen LogP contribution in [0.4, 0.5) is 0 Å². The number of hydrogen-bond acceptors (Lipinski definition) is 2. The molecule has 2 nitrogen and oxygen atoms in total. The van der Waals surface area contributed by atoms with Crippen LogP contribution in [0.2, 0.25) is 0 Å². The Kier molecular flexibility index (Phi) is 4.87. The molecule has 2 heteroatoms. The van der Waals surface area contributed by atoms with Crippen LogP contribution in [0.1, 0.15) is 45.2 Å². The molecular weight excluding hydrogens is 246 g/mol. The van der Waals surface area contributed by atoms with E-state index in [9.17, 15) is 0 Å². The SMILES string of the molecule is COC1CC(NCc2ccc(CC(C)C)cc2)C1(C)C. The van der Waals surface area contributed by atoms with Crippen molar-refractivity contribution in [1.82, 2.24) is 5.32 Å².